The molecule has 2 heterocycles. The van der Waals surface area contributed by atoms with Crippen LogP contribution < -0.4 is 10.2 Å². The zero-order valence-electron chi connectivity index (χ0n) is 19.1. The molecule has 1 saturated heterocycles. The number of aromatic nitrogens is 2. The normalized spacial score (nSPS) is 23.5. The van der Waals surface area contributed by atoms with Gasteiger partial charge in [0.05, 0.1) is 17.7 Å². The molecule has 3 aliphatic rings. The first kappa shape index (κ1) is 22.6. The molecule has 2 aromatic rings. The number of nitrogens with one attached hydrogen (secondary N) is 1. The fourth-order valence-corrected chi connectivity index (χ4v) is 5.24. The van der Waals surface area contributed by atoms with E-state index in [2.05, 4.69) is 27.1 Å². The van der Waals surface area contributed by atoms with Gasteiger partial charge in [-0.2, -0.15) is 0 Å². The number of amides is 1. The summed E-state index contributed by atoms with van der Waals surface area (Å²) >= 11 is 6.09. The molecule has 0 bridgehead atoms. The fourth-order valence-electron chi connectivity index (χ4n) is 5.11. The van der Waals surface area contributed by atoms with Crippen molar-refractivity contribution in [3.05, 3.63) is 52.4 Å². The van der Waals surface area contributed by atoms with E-state index in [9.17, 15) is 9.90 Å². The van der Waals surface area contributed by atoms with E-state index in [1.807, 2.05) is 29.2 Å². The lowest BCUT2D eigenvalue weighted by Gasteiger charge is -2.38. The maximum atomic E-state index is 13.6. The van der Waals surface area contributed by atoms with Crippen molar-refractivity contribution in [3.8, 4) is 0 Å². The number of piperazine rings is 1. The van der Waals surface area contributed by atoms with Crippen LogP contribution in [0.15, 0.2) is 30.6 Å². The summed E-state index contributed by atoms with van der Waals surface area (Å²) < 4.78 is 0. The Bertz CT molecular complexity index is 989. The number of aliphatic hydroxyl groups excluding tert-OH is 1. The molecule has 2 fully saturated rings. The highest BCUT2D eigenvalue weighted by atomic mass is 35.5. The molecule has 7 nitrogen and oxygen atoms in total. The van der Waals surface area contributed by atoms with Gasteiger partial charge in [-0.1, -0.05) is 30.7 Å². The van der Waals surface area contributed by atoms with Crippen molar-refractivity contribution in [2.75, 3.05) is 44.2 Å². The minimum Gasteiger partial charge on any atom is -0.387 e. The third-order valence-electron chi connectivity index (χ3n) is 7.22. The number of aliphatic hydroxyl groups is 1. The molecule has 1 unspecified atom stereocenters. The van der Waals surface area contributed by atoms with Crippen LogP contribution in [0.2, 0.25) is 5.02 Å². The van der Waals surface area contributed by atoms with Crippen molar-refractivity contribution in [2.45, 2.75) is 44.1 Å². The summed E-state index contributed by atoms with van der Waals surface area (Å²) in [7, 11) is 0. The molecule has 8 heteroatoms. The van der Waals surface area contributed by atoms with Crippen LogP contribution in [0.5, 0.6) is 0 Å². The predicted octanol–water partition coefficient (Wildman–Crippen LogP) is 3.10. The summed E-state index contributed by atoms with van der Waals surface area (Å²) in [5.74, 6) is 1.86. The van der Waals surface area contributed by atoms with Gasteiger partial charge in [-0.15, -0.1) is 0 Å². The zero-order chi connectivity index (χ0) is 22.9. The van der Waals surface area contributed by atoms with Gasteiger partial charge in [0.15, 0.2) is 0 Å². The van der Waals surface area contributed by atoms with E-state index in [1.165, 1.54) is 12.8 Å². The lowest BCUT2D eigenvalue weighted by molar-refractivity contribution is -0.133. The Morgan fingerprint density at radius 2 is 1.91 bits per heavy atom. The molecule has 2 aliphatic carbocycles. The average Bonchev–Trinajstić information content (AvgIpc) is 3.61. The van der Waals surface area contributed by atoms with Crippen molar-refractivity contribution >= 4 is 23.3 Å². The Labute approximate surface area is 200 Å². The molecule has 1 saturated carbocycles. The number of nitrogens with zero attached hydrogens (tertiary/aromatic N) is 4. The van der Waals surface area contributed by atoms with E-state index >= 15 is 0 Å². The van der Waals surface area contributed by atoms with E-state index in [-0.39, 0.29) is 17.7 Å². The molecular formula is C25H32ClN5O2. The number of halogens is 1. The summed E-state index contributed by atoms with van der Waals surface area (Å²) in [5, 5.41) is 14.5. The van der Waals surface area contributed by atoms with Crippen LogP contribution in [0.4, 0.5) is 5.82 Å². The molecule has 1 aromatic heterocycles. The second kappa shape index (κ2) is 9.57. The number of hydrogen-bond acceptors (Lipinski definition) is 6. The largest absolute Gasteiger partial charge is 0.387 e. The Hall–Kier alpha value is -2.22. The fraction of sp³-hybridized carbons (Fsp3) is 0.560. The molecule has 0 radical (unpaired) electrons. The molecule has 0 spiro atoms. The molecule has 2 N–H and O–H groups in total. The molecular weight excluding hydrogens is 438 g/mol. The Morgan fingerprint density at radius 1 is 1.18 bits per heavy atom. The van der Waals surface area contributed by atoms with E-state index < -0.39 is 6.10 Å². The first-order valence-electron chi connectivity index (χ1n) is 12.0. The van der Waals surface area contributed by atoms with Crippen molar-refractivity contribution in [1.29, 1.82) is 0 Å². The average molecular weight is 470 g/mol. The van der Waals surface area contributed by atoms with Crippen LogP contribution in [0, 0.1) is 5.92 Å². The van der Waals surface area contributed by atoms with Gasteiger partial charge in [0, 0.05) is 43.3 Å². The first-order chi connectivity index (χ1) is 16.0. The zero-order valence-corrected chi connectivity index (χ0v) is 19.8. The SMILES string of the molecule is CC1C[C@@H](O)c2ncnc(N3CCN(C(=O)[C@H](CNCC4CC4)c4ccc(Cl)cc4)CC3)c21. The number of benzene rings is 1. The summed E-state index contributed by atoms with van der Waals surface area (Å²) in [5.41, 5.74) is 2.83. The minimum atomic E-state index is -0.511. The van der Waals surface area contributed by atoms with Crippen molar-refractivity contribution in [1.82, 2.24) is 20.2 Å². The molecule has 3 atom stereocenters. The van der Waals surface area contributed by atoms with E-state index in [0.717, 1.165) is 48.2 Å². The van der Waals surface area contributed by atoms with Gasteiger partial charge in [0.2, 0.25) is 5.91 Å². The first-order valence-corrected chi connectivity index (χ1v) is 12.4. The minimum absolute atomic E-state index is 0.164. The quantitative estimate of drug-likeness (QED) is 0.648. The highest BCUT2D eigenvalue weighted by Gasteiger charge is 2.35. The molecule has 1 aliphatic heterocycles. The monoisotopic (exact) mass is 469 g/mol. The lowest BCUT2D eigenvalue weighted by atomic mass is 9.97. The Morgan fingerprint density at radius 3 is 2.61 bits per heavy atom. The number of anilines is 1. The van der Waals surface area contributed by atoms with Crippen molar-refractivity contribution in [3.63, 3.8) is 0 Å². The molecule has 1 aromatic carbocycles. The predicted molar refractivity (Wildman–Crippen MR) is 129 cm³/mol. The second-order valence-corrected chi connectivity index (χ2v) is 10.1. The van der Waals surface area contributed by atoms with Crippen LogP contribution in [-0.4, -0.2) is 65.2 Å². The van der Waals surface area contributed by atoms with Crippen LogP contribution in [0.1, 0.15) is 60.9 Å². The van der Waals surface area contributed by atoms with Crippen LogP contribution in [0.25, 0.3) is 0 Å². The van der Waals surface area contributed by atoms with Crippen LogP contribution in [0.3, 0.4) is 0 Å². The summed E-state index contributed by atoms with van der Waals surface area (Å²) in [6.07, 6.45) is 4.31. The lowest BCUT2D eigenvalue weighted by Crippen LogP contribution is -2.51. The number of hydrogen-bond donors (Lipinski definition) is 2. The highest BCUT2D eigenvalue weighted by molar-refractivity contribution is 6.30. The number of carbonyl (C=O) groups excluding carboxylic acids is 1. The van der Waals surface area contributed by atoms with E-state index in [0.29, 0.717) is 31.1 Å². The maximum absolute atomic E-state index is 13.6. The topological polar surface area (TPSA) is 81.6 Å². The van der Waals surface area contributed by atoms with Gasteiger partial charge in [-0.25, -0.2) is 9.97 Å². The molecule has 176 valence electrons. The summed E-state index contributed by atoms with van der Waals surface area (Å²) in [6.45, 7) is 6.50. The van der Waals surface area contributed by atoms with Gasteiger partial charge in [0.25, 0.3) is 0 Å². The van der Waals surface area contributed by atoms with Gasteiger partial charge in [0.1, 0.15) is 12.1 Å². The van der Waals surface area contributed by atoms with Crippen LogP contribution in [-0.2, 0) is 4.79 Å². The standard InChI is InChI=1S/C25H32ClN5O2/c1-16-12-21(32)23-22(16)24(29-15-28-23)30-8-10-31(11-9-30)25(33)20(14-27-13-17-2-3-17)18-4-6-19(26)7-5-18/h4-7,15-17,20-21,27,32H,2-3,8-14H2,1H3/t16?,20-,21-/m1/s1. The summed E-state index contributed by atoms with van der Waals surface area (Å²) in [6, 6.07) is 7.66. The maximum Gasteiger partial charge on any atom is 0.231 e. The number of fused-ring (bicyclic) bond motifs is 1. The van der Waals surface area contributed by atoms with E-state index in [4.69, 9.17) is 11.6 Å². The van der Waals surface area contributed by atoms with Crippen molar-refractivity contribution < 1.29 is 9.90 Å². The van der Waals surface area contributed by atoms with Crippen molar-refractivity contribution in [2.24, 2.45) is 5.92 Å². The smallest absolute Gasteiger partial charge is 0.231 e. The molecule has 5 rings (SSSR count). The number of rotatable bonds is 7. The van der Waals surface area contributed by atoms with Gasteiger partial charge < -0.3 is 20.2 Å². The molecule has 33 heavy (non-hydrogen) atoms. The van der Waals surface area contributed by atoms with Crippen LogP contribution >= 0.6 is 11.6 Å². The third-order valence-corrected chi connectivity index (χ3v) is 7.47. The third kappa shape index (κ3) is 4.86. The Balaban J connectivity index is 1.27. The number of carbonyl (C=O) groups is 1. The summed E-state index contributed by atoms with van der Waals surface area (Å²) in [4.78, 5) is 26.7. The van der Waals surface area contributed by atoms with Gasteiger partial charge in [-0.05, 0) is 55.3 Å². The highest BCUT2D eigenvalue weighted by Crippen LogP contribution is 2.42. The van der Waals surface area contributed by atoms with Gasteiger partial charge in [-0.3, -0.25) is 4.79 Å². The van der Waals surface area contributed by atoms with E-state index in [1.54, 1.807) is 6.33 Å². The van der Waals surface area contributed by atoms with Gasteiger partial charge >= 0.3 is 0 Å². The second-order valence-electron chi connectivity index (χ2n) is 9.67. The Kier molecular flexibility index (Phi) is 6.54. The molecule has 1 amide bonds.